The average molecular weight is 773 g/mol. The molecule has 0 radical (unpaired) electrons. The van der Waals surface area contributed by atoms with Crippen molar-refractivity contribution < 1.29 is 48.2 Å². The highest BCUT2D eigenvalue weighted by Gasteiger charge is 2.56. The number of pyridine rings is 1. The van der Waals surface area contributed by atoms with E-state index in [2.05, 4.69) is 15.6 Å². The minimum absolute atomic E-state index is 0.108. The smallest absolute Gasteiger partial charge is 0.315 e. The lowest BCUT2D eigenvalue weighted by Gasteiger charge is -2.58. The molecule has 3 aliphatic carbocycles. The Hall–Kier alpha value is -3.38. The summed E-state index contributed by atoms with van der Waals surface area (Å²) < 4.78 is 41.5. The van der Waals surface area contributed by atoms with Crippen LogP contribution in [-0.2, 0) is 27.0 Å². The first-order valence-corrected chi connectivity index (χ1v) is 19.7. The Morgan fingerprint density at radius 2 is 1.72 bits per heavy atom. The minimum atomic E-state index is -3.82. The van der Waals surface area contributed by atoms with Gasteiger partial charge in [-0.2, -0.15) is 4.31 Å². The van der Waals surface area contributed by atoms with E-state index >= 15 is 0 Å². The molecule has 2 amide bonds. The Kier molecular flexibility index (Phi) is 10.8. The fourth-order valence-corrected chi connectivity index (χ4v) is 9.17. The van der Waals surface area contributed by atoms with Crippen molar-refractivity contribution in [2.24, 2.45) is 5.41 Å². The van der Waals surface area contributed by atoms with Crippen molar-refractivity contribution in [2.45, 2.75) is 92.2 Å². The van der Waals surface area contributed by atoms with Crippen molar-refractivity contribution in [3.8, 4) is 16.9 Å². The molecule has 53 heavy (non-hydrogen) atoms. The van der Waals surface area contributed by atoms with Crippen molar-refractivity contribution in [1.82, 2.24) is 19.9 Å². The van der Waals surface area contributed by atoms with E-state index in [0.29, 0.717) is 36.5 Å². The number of benzene rings is 2. The molecule has 3 saturated carbocycles. The second kappa shape index (κ2) is 15.0. The number of para-hydroxylation sites is 1. The number of carbonyl (C=O) groups excluding carboxylic acids is 1. The molecule has 4 atom stereocenters. The standard InChI is InChI=1S/C37H45ClN4O10S/c38-29-8-7-25(53(49,50)42-20-36(21-42)14-23(15-36)41-35(48)40-17-30(44)33(46)34(47)31(45)18-43)13-22(29)19-51-37(10-11-37)28-16-39-12-9-26(28)27-3-1-2-4-32(27)52-24-5-6-24/h1-4,7-9,12-13,16,23-24,30-31,33-34,43-47H,5-6,10-11,14-15,17-21H2,(H2,40,41,48)/t30-,31+,33+,34+/m0/s1. The van der Waals surface area contributed by atoms with Gasteiger partial charge in [0.25, 0.3) is 0 Å². The molecule has 3 aromatic rings. The fourth-order valence-electron chi connectivity index (χ4n) is 7.28. The lowest BCUT2D eigenvalue weighted by atomic mass is 9.61. The molecular formula is C37H45ClN4O10S. The molecule has 286 valence electrons. The molecule has 2 heterocycles. The van der Waals surface area contributed by atoms with Crippen LogP contribution in [0.3, 0.4) is 0 Å². The van der Waals surface area contributed by atoms with Crippen molar-refractivity contribution >= 4 is 27.7 Å². The van der Waals surface area contributed by atoms with Crippen LogP contribution in [0, 0.1) is 5.41 Å². The maximum atomic E-state index is 13.7. The van der Waals surface area contributed by atoms with Crippen LogP contribution in [0.4, 0.5) is 4.79 Å². The average Bonchev–Trinajstić information content (AvgIpc) is 4.07. The van der Waals surface area contributed by atoms with Gasteiger partial charge in [-0.15, -0.1) is 0 Å². The minimum Gasteiger partial charge on any atom is -0.490 e. The zero-order valence-electron chi connectivity index (χ0n) is 29.0. The fraction of sp³-hybridized carbons (Fsp3) is 0.514. The summed E-state index contributed by atoms with van der Waals surface area (Å²) in [5.41, 5.74) is 2.64. The van der Waals surface area contributed by atoms with E-state index in [9.17, 15) is 33.6 Å². The first-order valence-electron chi connectivity index (χ1n) is 17.8. The number of aliphatic hydroxyl groups is 5. The summed E-state index contributed by atoms with van der Waals surface area (Å²) in [4.78, 5) is 16.9. The van der Waals surface area contributed by atoms with E-state index < -0.39 is 59.2 Å². The molecule has 0 bridgehead atoms. The number of aromatic nitrogens is 1. The summed E-state index contributed by atoms with van der Waals surface area (Å²) in [5, 5.41) is 53.6. The highest BCUT2D eigenvalue weighted by Crippen LogP contribution is 2.54. The van der Waals surface area contributed by atoms with Gasteiger partial charge < -0.3 is 45.6 Å². The van der Waals surface area contributed by atoms with Gasteiger partial charge in [0.15, 0.2) is 0 Å². The van der Waals surface area contributed by atoms with Gasteiger partial charge in [-0.05, 0) is 80.0 Å². The zero-order chi connectivity index (χ0) is 37.5. The van der Waals surface area contributed by atoms with Crippen LogP contribution in [-0.4, -0.2) is 112 Å². The molecule has 4 aliphatic rings. The number of rotatable bonds is 16. The number of nitrogens with zero attached hydrogens (tertiary/aromatic N) is 2. The molecule has 7 N–H and O–H groups in total. The van der Waals surface area contributed by atoms with E-state index in [1.807, 2.05) is 36.5 Å². The van der Waals surface area contributed by atoms with Crippen LogP contribution in [0.25, 0.3) is 11.1 Å². The summed E-state index contributed by atoms with van der Waals surface area (Å²) in [6.45, 7) is -0.497. The van der Waals surface area contributed by atoms with Crippen LogP contribution < -0.4 is 15.4 Å². The largest absolute Gasteiger partial charge is 0.490 e. The van der Waals surface area contributed by atoms with Gasteiger partial charge in [-0.1, -0.05) is 29.8 Å². The number of carbonyl (C=O) groups is 1. The Labute approximate surface area is 312 Å². The number of amides is 2. The molecular weight excluding hydrogens is 728 g/mol. The maximum Gasteiger partial charge on any atom is 0.315 e. The molecule has 1 saturated heterocycles. The van der Waals surface area contributed by atoms with Gasteiger partial charge in [-0.3, -0.25) is 4.98 Å². The Morgan fingerprint density at radius 1 is 1.00 bits per heavy atom. The molecule has 1 spiro atoms. The van der Waals surface area contributed by atoms with E-state index in [1.54, 1.807) is 18.3 Å². The Balaban J connectivity index is 0.927. The van der Waals surface area contributed by atoms with Gasteiger partial charge in [0.2, 0.25) is 10.0 Å². The number of sulfonamides is 1. The molecule has 1 aromatic heterocycles. The maximum absolute atomic E-state index is 13.7. The third kappa shape index (κ3) is 8.04. The monoisotopic (exact) mass is 772 g/mol. The third-order valence-electron chi connectivity index (χ3n) is 10.7. The first-order chi connectivity index (χ1) is 25.3. The molecule has 0 unspecified atom stereocenters. The number of ether oxygens (including phenoxy) is 2. The van der Waals surface area contributed by atoms with E-state index in [1.165, 1.54) is 10.4 Å². The lowest BCUT2D eigenvalue weighted by Crippen LogP contribution is -2.67. The number of urea groups is 1. The summed E-state index contributed by atoms with van der Waals surface area (Å²) in [7, 11) is -3.82. The van der Waals surface area contributed by atoms with E-state index in [0.717, 1.165) is 48.1 Å². The SMILES string of the molecule is O=C(NC[C@H](O)[C@@H](O)[C@H](O)[C@H](O)CO)NC1CC2(C1)CN(S(=O)(=O)c1ccc(Cl)c(COC3(c4cnccc4-c4ccccc4OC4CC4)CC3)c1)C2. The van der Waals surface area contributed by atoms with Gasteiger partial charge in [0.05, 0.1) is 35.9 Å². The van der Waals surface area contributed by atoms with Crippen LogP contribution in [0.2, 0.25) is 5.02 Å². The number of halogens is 1. The van der Waals surface area contributed by atoms with E-state index in [-0.39, 0.29) is 29.1 Å². The van der Waals surface area contributed by atoms with Crippen LogP contribution >= 0.6 is 11.6 Å². The summed E-state index contributed by atoms with van der Waals surface area (Å²) in [5.74, 6) is 0.829. The second-order valence-electron chi connectivity index (χ2n) is 14.8. The molecule has 1 aliphatic heterocycles. The van der Waals surface area contributed by atoms with Crippen LogP contribution in [0.15, 0.2) is 65.8 Å². The van der Waals surface area contributed by atoms with Crippen LogP contribution in [0.1, 0.15) is 49.7 Å². The van der Waals surface area contributed by atoms with Gasteiger partial charge in [0.1, 0.15) is 24.1 Å². The predicted molar refractivity (Wildman–Crippen MR) is 192 cm³/mol. The van der Waals surface area contributed by atoms with Crippen molar-refractivity contribution in [3.05, 3.63) is 77.1 Å². The number of hydrogen-bond acceptors (Lipinski definition) is 11. The topological polar surface area (TPSA) is 211 Å². The molecule has 2 aromatic carbocycles. The molecule has 14 nitrogen and oxygen atoms in total. The lowest BCUT2D eigenvalue weighted by molar-refractivity contribution is -0.113. The first kappa shape index (κ1) is 37.9. The number of hydrogen-bond donors (Lipinski definition) is 7. The summed E-state index contributed by atoms with van der Waals surface area (Å²) >= 11 is 6.58. The molecule has 7 rings (SSSR count). The normalized spacial score (nSPS) is 21.5. The zero-order valence-corrected chi connectivity index (χ0v) is 30.5. The van der Waals surface area contributed by atoms with Gasteiger partial charge >= 0.3 is 6.03 Å². The number of nitrogens with one attached hydrogen (secondary N) is 2. The second-order valence-corrected chi connectivity index (χ2v) is 17.1. The predicted octanol–water partition coefficient (Wildman–Crippen LogP) is 2.04. The summed E-state index contributed by atoms with van der Waals surface area (Å²) in [6.07, 6.45) is 1.83. The number of aliphatic hydroxyl groups excluding tert-OH is 5. The highest BCUT2D eigenvalue weighted by atomic mass is 35.5. The van der Waals surface area contributed by atoms with Crippen molar-refractivity contribution in [3.63, 3.8) is 0 Å². The van der Waals surface area contributed by atoms with Crippen molar-refractivity contribution in [2.75, 3.05) is 26.2 Å². The summed E-state index contributed by atoms with van der Waals surface area (Å²) in [6, 6.07) is 13.8. The molecule has 4 fully saturated rings. The van der Waals surface area contributed by atoms with Crippen LogP contribution in [0.5, 0.6) is 5.75 Å². The third-order valence-corrected chi connectivity index (χ3v) is 12.8. The quantitative estimate of drug-likeness (QED) is 0.112. The highest BCUT2D eigenvalue weighted by molar-refractivity contribution is 7.89. The Morgan fingerprint density at radius 3 is 2.42 bits per heavy atom. The van der Waals surface area contributed by atoms with E-state index in [4.69, 9.17) is 26.2 Å². The molecule has 16 heteroatoms. The Bertz CT molecular complexity index is 1910. The van der Waals surface area contributed by atoms with Crippen molar-refractivity contribution in [1.29, 1.82) is 0 Å². The van der Waals surface area contributed by atoms with Gasteiger partial charge in [0, 0.05) is 59.6 Å². The van der Waals surface area contributed by atoms with Gasteiger partial charge in [-0.25, -0.2) is 13.2 Å².